The predicted molar refractivity (Wildman–Crippen MR) is 131 cm³/mol. The molecule has 2 aliphatic rings. The van der Waals surface area contributed by atoms with E-state index in [1.165, 1.54) is 29.2 Å². The summed E-state index contributed by atoms with van der Waals surface area (Å²) < 4.78 is 30.5. The highest BCUT2D eigenvalue weighted by molar-refractivity contribution is 5.64. The molecule has 0 saturated heterocycles. The average Bonchev–Trinajstić information content (AvgIpc) is 3.53. The van der Waals surface area contributed by atoms with E-state index < -0.39 is 23.2 Å². The largest absolute Gasteiger partial charge is 0.385 e. The van der Waals surface area contributed by atoms with E-state index >= 15 is 0 Å². The second-order valence-electron chi connectivity index (χ2n) is 10.4. The van der Waals surface area contributed by atoms with Crippen LogP contribution in [-0.2, 0) is 5.41 Å². The van der Waals surface area contributed by atoms with Gasteiger partial charge in [-0.15, -0.1) is 10.2 Å². The minimum atomic E-state index is -0.743. The molecule has 0 spiro atoms. The fourth-order valence-electron chi connectivity index (χ4n) is 6.38. The molecule has 8 nitrogen and oxygen atoms in total. The van der Waals surface area contributed by atoms with Gasteiger partial charge < -0.3 is 5.11 Å². The number of benzene rings is 1. The lowest BCUT2D eigenvalue weighted by molar-refractivity contribution is 0.156. The maximum Gasteiger partial charge on any atom is 0.252 e. The summed E-state index contributed by atoms with van der Waals surface area (Å²) in [6.45, 7) is 6.36. The number of hydrogen-bond acceptors (Lipinski definition) is 7. The molecular formula is C27H27F2N7O. The van der Waals surface area contributed by atoms with Crippen LogP contribution in [0.2, 0.25) is 0 Å². The van der Waals surface area contributed by atoms with Gasteiger partial charge in [-0.25, -0.2) is 23.7 Å². The van der Waals surface area contributed by atoms with Crippen molar-refractivity contribution in [1.82, 2.24) is 34.9 Å². The molecule has 0 unspecified atom stereocenters. The first-order chi connectivity index (χ1) is 17.8. The molecule has 2 aliphatic carbocycles. The zero-order valence-electron chi connectivity index (χ0n) is 20.9. The Hall–Kier alpha value is -3.66. The van der Waals surface area contributed by atoms with Crippen LogP contribution in [-0.4, -0.2) is 40.0 Å². The van der Waals surface area contributed by atoms with Crippen molar-refractivity contribution in [3.63, 3.8) is 0 Å². The molecule has 3 aromatic heterocycles. The van der Waals surface area contributed by atoms with Gasteiger partial charge in [-0.1, -0.05) is 33.3 Å². The molecule has 1 aromatic carbocycles. The molecule has 1 fully saturated rings. The van der Waals surface area contributed by atoms with Crippen LogP contribution in [0.1, 0.15) is 81.3 Å². The minimum absolute atomic E-state index is 0.132. The van der Waals surface area contributed by atoms with Crippen molar-refractivity contribution >= 4 is 0 Å². The first-order valence-electron chi connectivity index (χ1n) is 12.5. The third-order valence-corrected chi connectivity index (χ3v) is 8.26. The van der Waals surface area contributed by atoms with E-state index in [9.17, 15) is 13.9 Å². The minimum Gasteiger partial charge on any atom is -0.385 e. The van der Waals surface area contributed by atoms with E-state index in [2.05, 4.69) is 39.1 Å². The van der Waals surface area contributed by atoms with Crippen LogP contribution >= 0.6 is 0 Å². The number of nitrogens with zero attached hydrogens (tertiary/aromatic N) is 7. The second kappa shape index (κ2) is 8.44. The van der Waals surface area contributed by atoms with Crippen LogP contribution < -0.4 is 0 Å². The SMILES string of the molecule is CCC[C@@H](O)c1ncn(-c2nccc([C@@]34CC[C@@H](c5cc(-c6c(F)cccc6F)nnc53)C4(C)C)n2)n1. The van der Waals surface area contributed by atoms with E-state index in [4.69, 9.17) is 4.98 Å². The zero-order chi connectivity index (χ0) is 25.9. The normalized spacial score (nSPS) is 22.3. The molecule has 0 radical (unpaired) electrons. The number of fused-ring (bicyclic) bond motifs is 5. The topological polar surface area (TPSA) is 102 Å². The Bertz CT molecular complexity index is 1480. The fourth-order valence-corrected chi connectivity index (χ4v) is 6.38. The summed E-state index contributed by atoms with van der Waals surface area (Å²) in [5.41, 5.74) is 1.74. The molecular weight excluding hydrogens is 476 g/mol. The van der Waals surface area contributed by atoms with Gasteiger partial charge in [0, 0.05) is 6.20 Å². The van der Waals surface area contributed by atoms with Crippen LogP contribution in [0.3, 0.4) is 0 Å². The van der Waals surface area contributed by atoms with Gasteiger partial charge in [-0.3, -0.25) is 0 Å². The smallest absolute Gasteiger partial charge is 0.252 e. The Morgan fingerprint density at radius 2 is 1.92 bits per heavy atom. The van der Waals surface area contributed by atoms with Crippen LogP contribution in [0.25, 0.3) is 17.2 Å². The summed E-state index contributed by atoms with van der Waals surface area (Å²) in [6.07, 6.45) is 5.53. The van der Waals surface area contributed by atoms with Crippen molar-refractivity contribution in [2.24, 2.45) is 5.41 Å². The zero-order valence-corrected chi connectivity index (χ0v) is 20.9. The molecule has 0 amide bonds. The molecule has 1 N–H and O–H groups in total. The highest BCUT2D eigenvalue weighted by atomic mass is 19.1. The summed E-state index contributed by atoms with van der Waals surface area (Å²) in [5.74, 6) is -0.515. The summed E-state index contributed by atoms with van der Waals surface area (Å²) in [5, 5.41) is 23.5. The maximum atomic E-state index is 14.5. The van der Waals surface area contributed by atoms with Crippen molar-refractivity contribution in [2.45, 2.75) is 63.9 Å². The van der Waals surface area contributed by atoms with Crippen molar-refractivity contribution in [2.75, 3.05) is 0 Å². The van der Waals surface area contributed by atoms with E-state index in [0.717, 1.165) is 36.2 Å². The highest BCUT2D eigenvalue weighted by Gasteiger charge is 2.65. The first kappa shape index (κ1) is 23.7. The van der Waals surface area contributed by atoms with Gasteiger partial charge in [0.2, 0.25) is 0 Å². The molecule has 4 aromatic rings. The van der Waals surface area contributed by atoms with Crippen molar-refractivity contribution < 1.29 is 13.9 Å². The van der Waals surface area contributed by atoms with Crippen LogP contribution in [0.15, 0.2) is 42.9 Å². The first-order valence-corrected chi connectivity index (χ1v) is 12.5. The predicted octanol–water partition coefficient (Wildman–Crippen LogP) is 4.83. The Morgan fingerprint density at radius 1 is 1.14 bits per heavy atom. The van der Waals surface area contributed by atoms with Crippen LogP contribution in [0, 0.1) is 17.0 Å². The van der Waals surface area contributed by atoms with E-state index in [1.54, 1.807) is 12.3 Å². The monoisotopic (exact) mass is 503 g/mol. The average molecular weight is 504 g/mol. The molecule has 190 valence electrons. The van der Waals surface area contributed by atoms with Gasteiger partial charge in [0.05, 0.1) is 28.1 Å². The lowest BCUT2D eigenvalue weighted by Gasteiger charge is -2.37. The maximum absolute atomic E-state index is 14.5. The van der Waals surface area contributed by atoms with Gasteiger partial charge in [-0.05, 0) is 60.4 Å². The summed E-state index contributed by atoms with van der Waals surface area (Å²) in [4.78, 5) is 13.5. The molecule has 10 heteroatoms. The van der Waals surface area contributed by atoms with Crippen molar-refractivity contribution in [3.8, 4) is 17.2 Å². The number of aliphatic hydroxyl groups is 1. The number of aliphatic hydroxyl groups excluding tert-OH is 1. The lowest BCUT2D eigenvalue weighted by atomic mass is 9.66. The standard InChI is InChI=1S/C27H27F2N7O/c1-4-6-20(37)24-31-14-36(35-24)25-30-12-10-21(32-25)27-11-9-16(26(27,2)3)15-13-19(33-34-23(15)27)22-17(28)7-5-8-18(22)29/h5,7-8,10,12-14,16,20,37H,4,6,9,11H2,1-3H3/t16-,20+,27-/m0/s1. The number of hydrogen-bond donors (Lipinski definition) is 1. The molecule has 3 heterocycles. The summed E-state index contributed by atoms with van der Waals surface area (Å²) >= 11 is 0. The van der Waals surface area contributed by atoms with Crippen molar-refractivity contribution in [3.05, 3.63) is 77.3 Å². The third kappa shape index (κ3) is 3.34. The third-order valence-electron chi connectivity index (χ3n) is 8.26. The second-order valence-corrected chi connectivity index (χ2v) is 10.4. The highest BCUT2D eigenvalue weighted by Crippen LogP contribution is 2.69. The van der Waals surface area contributed by atoms with Gasteiger partial charge in [0.15, 0.2) is 5.82 Å². The summed E-state index contributed by atoms with van der Waals surface area (Å²) in [6, 6.07) is 7.47. The lowest BCUT2D eigenvalue weighted by Crippen LogP contribution is -2.38. The van der Waals surface area contributed by atoms with Crippen LogP contribution in [0.5, 0.6) is 0 Å². The quantitative estimate of drug-likeness (QED) is 0.402. The van der Waals surface area contributed by atoms with Crippen LogP contribution in [0.4, 0.5) is 8.78 Å². The Labute approximate surface area is 212 Å². The number of halogens is 2. The van der Waals surface area contributed by atoms with Gasteiger partial charge in [0.1, 0.15) is 24.1 Å². The van der Waals surface area contributed by atoms with Gasteiger partial charge in [0.25, 0.3) is 5.95 Å². The van der Waals surface area contributed by atoms with Gasteiger partial charge >= 0.3 is 0 Å². The summed E-state index contributed by atoms with van der Waals surface area (Å²) in [7, 11) is 0. The molecule has 6 rings (SSSR count). The Morgan fingerprint density at radius 3 is 2.68 bits per heavy atom. The fraction of sp³-hybridized carbons (Fsp3) is 0.407. The van der Waals surface area contributed by atoms with Gasteiger partial charge in [-0.2, -0.15) is 9.78 Å². The number of aromatic nitrogens is 7. The van der Waals surface area contributed by atoms with E-state index in [-0.39, 0.29) is 22.6 Å². The number of rotatable bonds is 6. The molecule has 0 aliphatic heterocycles. The molecule has 1 saturated carbocycles. The van der Waals surface area contributed by atoms with E-state index in [1.807, 2.05) is 13.0 Å². The molecule has 37 heavy (non-hydrogen) atoms. The van der Waals surface area contributed by atoms with Crippen molar-refractivity contribution in [1.29, 1.82) is 0 Å². The molecule has 2 bridgehead atoms. The molecule has 3 atom stereocenters. The van der Waals surface area contributed by atoms with E-state index in [0.29, 0.717) is 18.2 Å². The Balaban J connectivity index is 1.44. The Kier molecular flexibility index (Phi) is 5.41.